The Labute approximate surface area is 117 Å². The highest BCUT2D eigenvalue weighted by Crippen LogP contribution is 2.29. The summed E-state index contributed by atoms with van der Waals surface area (Å²) in [6.07, 6.45) is 1.85. The fraction of sp³-hybridized carbons (Fsp3) is 0.643. The second kappa shape index (κ2) is 6.92. The largest absolute Gasteiger partial charge is 0.416 e. The average molecular weight is 287 g/mol. The van der Waals surface area contributed by atoms with Gasteiger partial charge < -0.3 is 10.2 Å². The Hall–Kier alpha value is -1.30. The van der Waals surface area contributed by atoms with Gasteiger partial charge in [0.1, 0.15) is 5.82 Å². The van der Waals surface area contributed by atoms with Crippen LogP contribution in [0.3, 0.4) is 0 Å². The number of aromatic nitrogens is 1. The smallest absolute Gasteiger partial charge is 0.369 e. The van der Waals surface area contributed by atoms with Crippen molar-refractivity contribution >= 4 is 5.82 Å². The summed E-state index contributed by atoms with van der Waals surface area (Å²) in [6.45, 7) is 3.63. The molecule has 1 fully saturated rings. The Morgan fingerprint density at radius 3 is 2.50 bits per heavy atom. The highest BCUT2D eigenvalue weighted by Gasteiger charge is 2.30. The SMILES string of the molecule is FC(F)(F)c1ccnc(NCCN2CCCCCC2)c1. The maximum Gasteiger partial charge on any atom is 0.416 e. The Kier molecular flexibility index (Phi) is 5.23. The summed E-state index contributed by atoms with van der Waals surface area (Å²) in [5.41, 5.74) is -0.662. The number of nitrogens with zero attached hydrogens (tertiary/aromatic N) is 2. The molecule has 112 valence electrons. The van der Waals surface area contributed by atoms with E-state index in [1.807, 2.05) is 0 Å². The molecule has 0 amide bonds. The third-order valence-corrected chi connectivity index (χ3v) is 3.52. The predicted octanol–water partition coefficient (Wildman–Crippen LogP) is 3.39. The van der Waals surface area contributed by atoms with E-state index in [1.165, 1.54) is 31.9 Å². The van der Waals surface area contributed by atoms with Gasteiger partial charge in [0.2, 0.25) is 0 Å². The van der Waals surface area contributed by atoms with Crippen molar-refractivity contribution in [1.82, 2.24) is 9.88 Å². The minimum Gasteiger partial charge on any atom is -0.369 e. The van der Waals surface area contributed by atoms with Gasteiger partial charge in [-0.3, -0.25) is 0 Å². The molecule has 0 radical (unpaired) electrons. The number of rotatable bonds is 4. The van der Waals surface area contributed by atoms with Gasteiger partial charge in [0.15, 0.2) is 0 Å². The first-order chi connectivity index (χ1) is 9.55. The molecule has 0 atom stereocenters. The van der Waals surface area contributed by atoms with Crippen molar-refractivity contribution < 1.29 is 13.2 Å². The van der Waals surface area contributed by atoms with E-state index in [0.717, 1.165) is 31.8 Å². The monoisotopic (exact) mass is 287 g/mol. The predicted molar refractivity (Wildman–Crippen MR) is 72.6 cm³/mol. The number of likely N-dealkylation sites (tertiary alicyclic amines) is 1. The first kappa shape index (κ1) is 15.1. The molecule has 1 saturated heterocycles. The zero-order valence-corrected chi connectivity index (χ0v) is 11.4. The molecule has 1 aliphatic heterocycles. The van der Waals surface area contributed by atoms with Gasteiger partial charge in [-0.2, -0.15) is 13.2 Å². The maximum absolute atomic E-state index is 12.6. The Bertz CT molecular complexity index is 412. The van der Waals surface area contributed by atoms with Gasteiger partial charge in [0.25, 0.3) is 0 Å². The van der Waals surface area contributed by atoms with Crippen LogP contribution in [0.4, 0.5) is 19.0 Å². The normalized spacial score (nSPS) is 17.8. The molecular weight excluding hydrogens is 267 g/mol. The summed E-state index contributed by atoms with van der Waals surface area (Å²) in [5.74, 6) is 0.287. The summed E-state index contributed by atoms with van der Waals surface area (Å²) in [7, 11) is 0. The summed E-state index contributed by atoms with van der Waals surface area (Å²) in [4.78, 5) is 6.28. The standard InChI is InChI=1S/C14H20F3N3/c15-14(16,17)12-5-6-18-13(11-12)19-7-10-20-8-3-1-2-4-9-20/h5-6,11H,1-4,7-10H2,(H,18,19). The molecule has 3 nitrogen and oxygen atoms in total. The van der Waals surface area contributed by atoms with E-state index in [1.54, 1.807) is 0 Å². The molecule has 6 heteroatoms. The molecule has 0 spiro atoms. The Morgan fingerprint density at radius 1 is 1.15 bits per heavy atom. The van der Waals surface area contributed by atoms with Crippen LogP contribution >= 0.6 is 0 Å². The van der Waals surface area contributed by atoms with Crippen LogP contribution in [0.25, 0.3) is 0 Å². The molecule has 0 aliphatic carbocycles. The molecule has 0 bridgehead atoms. The number of alkyl halides is 3. The van der Waals surface area contributed by atoms with Crippen LogP contribution in [0, 0.1) is 0 Å². The van der Waals surface area contributed by atoms with Gasteiger partial charge in [0, 0.05) is 19.3 Å². The molecule has 0 aromatic carbocycles. The molecule has 1 aliphatic rings. The van der Waals surface area contributed by atoms with Crippen molar-refractivity contribution in [1.29, 1.82) is 0 Å². The molecule has 2 heterocycles. The summed E-state index contributed by atoms with van der Waals surface area (Å²) in [6, 6.07) is 2.04. The zero-order valence-electron chi connectivity index (χ0n) is 11.4. The summed E-state index contributed by atoms with van der Waals surface area (Å²) in [5, 5.41) is 2.97. The van der Waals surface area contributed by atoms with Gasteiger partial charge in [-0.15, -0.1) is 0 Å². The van der Waals surface area contributed by atoms with Crippen molar-refractivity contribution in [2.24, 2.45) is 0 Å². The van der Waals surface area contributed by atoms with E-state index in [4.69, 9.17) is 0 Å². The van der Waals surface area contributed by atoms with E-state index in [2.05, 4.69) is 15.2 Å². The Balaban J connectivity index is 1.81. The Morgan fingerprint density at radius 2 is 1.85 bits per heavy atom. The lowest BCUT2D eigenvalue weighted by Gasteiger charge is -2.20. The van der Waals surface area contributed by atoms with Crippen LogP contribution in [-0.2, 0) is 6.18 Å². The van der Waals surface area contributed by atoms with Gasteiger partial charge >= 0.3 is 6.18 Å². The number of halogens is 3. The highest BCUT2D eigenvalue weighted by molar-refractivity contribution is 5.38. The second-order valence-electron chi connectivity index (χ2n) is 5.11. The minimum absolute atomic E-state index is 0.287. The first-order valence-electron chi connectivity index (χ1n) is 7.05. The molecule has 0 saturated carbocycles. The molecule has 20 heavy (non-hydrogen) atoms. The van der Waals surface area contributed by atoms with E-state index in [0.29, 0.717) is 6.54 Å². The van der Waals surface area contributed by atoms with Gasteiger partial charge in [-0.05, 0) is 38.1 Å². The van der Waals surface area contributed by atoms with Crippen molar-refractivity contribution in [3.05, 3.63) is 23.9 Å². The molecule has 1 N–H and O–H groups in total. The van der Waals surface area contributed by atoms with Gasteiger partial charge in [0.05, 0.1) is 5.56 Å². The lowest BCUT2D eigenvalue weighted by Crippen LogP contribution is -2.30. The molecule has 1 aromatic rings. The quantitative estimate of drug-likeness (QED) is 0.920. The molecular formula is C14H20F3N3. The van der Waals surface area contributed by atoms with Crippen LogP contribution < -0.4 is 5.32 Å². The van der Waals surface area contributed by atoms with Crippen molar-refractivity contribution in [3.8, 4) is 0 Å². The fourth-order valence-electron chi connectivity index (χ4n) is 2.41. The van der Waals surface area contributed by atoms with Crippen molar-refractivity contribution in [2.75, 3.05) is 31.5 Å². The third-order valence-electron chi connectivity index (χ3n) is 3.52. The minimum atomic E-state index is -4.32. The lowest BCUT2D eigenvalue weighted by atomic mass is 10.2. The molecule has 1 aromatic heterocycles. The lowest BCUT2D eigenvalue weighted by molar-refractivity contribution is -0.137. The summed E-state index contributed by atoms with van der Waals surface area (Å²) < 4.78 is 37.7. The average Bonchev–Trinajstić information content (AvgIpc) is 2.67. The maximum atomic E-state index is 12.6. The number of anilines is 1. The van der Waals surface area contributed by atoms with Crippen molar-refractivity contribution in [2.45, 2.75) is 31.9 Å². The molecule has 0 unspecified atom stereocenters. The van der Waals surface area contributed by atoms with Crippen LogP contribution in [-0.4, -0.2) is 36.1 Å². The van der Waals surface area contributed by atoms with Gasteiger partial charge in [-0.1, -0.05) is 12.8 Å². The number of pyridine rings is 1. The van der Waals surface area contributed by atoms with E-state index >= 15 is 0 Å². The second-order valence-corrected chi connectivity index (χ2v) is 5.11. The van der Waals surface area contributed by atoms with E-state index in [9.17, 15) is 13.2 Å². The van der Waals surface area contributed by atoms with E-state index < -0.39 is 11.7 Å². The first-order valence-corrected chi connectivity index (χ1v) is 7.05. The van der Waals surface area contributed by atoms with Crippen LogP contribution in [0.15, 0.2) is 18.3 Å². The topological polar surface area (TPSA) is 28.2 Å². The van der Waals surface area contributed by atoms with Crippen LogP contribution in [0.1, 0.15) is 31.2 Å². The highest BCUT2D eigenvalue weighted by atomic mass is 19.4. The van der Waals surface area contributed by atoms with Gasteiger partial charge in [-0.25, -0.2) is 4.98 Å². The zero-order chi connectivity index (χ0) is 14.4. The number of nitrogens with one attached hydrogen (secondary N) is 1. The number of hydrogen-bond acceptors (Lipinski definition) is 3. The molecule has 2 rings (SSSR count). The van der Waals surface area contributed by atoms with E-state index in [-0.39, 0.29) is 5.82 Å². The number of hydrogen-bond donors (Lipinski definition) is 1. The van der Waals surface area contributed by atoms with Crippen molar-refractivity contribution in [3.63, 3.8) is 0 Å². The fourth-order valence-corrected chi connectivity index (χ4v) is 2.41. The summed E-state index contributed by atoms with van der Waals surface area (Å²) >= 11 is 0. The third kappa shape index (κ3) is 4.67. The van der Waals surface area contributed by atoms with Crippen LogP contribution in [0.2, 0.25) is 0 Å². The van der Waals surface area contributed by atoms with Crippen LogP contribution in [0.5, 0.6) is 0 Å².